The first-order chi connectivity index (χ1) is 10.6. The van der Waals surface area contributed by atoms with Crippen LogP contribution in [-0.4, -0.2) is 17.8 Å². The van der Waals surface area contributed by atoms with Crippen LogP contribution in [-0.2, 0) is 4.79 Å². The van der Waals surface area contributed by atoms with Gasteiger partial charge in [0.25, 0.3) is 0 Å². The van der Waals surface area contributed by atoms with E-state index in [2.05, 4.69) is 24.4 Å². The molecule has 0 aliphatic rings. The number of benzene rings is 2. The molecule has 0 heterocycles. The number of amides is 1. The summed E-state index contributed by atoms with van der Waals surface area (Å²) in [4.78, 5) is 13.4. The van der Waals surface area contributed by atoms with Crippen molar-refractivity contribution in [3.8, 4) is 5.75 Å². The summed E-state index contributed by atoms with van der Waals surface area (Å²) in [6, 6.07) is 15.6. The van der Waals surface area contributed by atoms with Gasteiger partial charge in [0.1, 0.15) is 5.75 Å². The van der Waals surface area contributed by atoms with E-state index in [-0.39, 0.29) is 11.2 Å². The number of aryl methyl sites for hydroxylation is 1. The predicted molar refractivity (Wildman–Crippen MR) is 92.7 cm³/mol. The smallest absolute Gasteiger partial charge is 0.237 e. The summed E-state index contributed by atoms with van der Waals surface area (Å²) in [7, 11) is 0. The number of anilines is 1. The molecule has 2 aromatic rings. The summed E-state index contributed by atoms with van der Waals surface area (Å²) in [5.41, 5.74) is 1.97. The highest BCUT2D eigenvalue weighted by atomic mass is 32.2. The highest BCUT2D eigenvalue weighted by Crippen LogP contribution is 2.25. The van der Waals surface area contributed by atoms with Gasteiger partial charge in [0, 0.05) is 16.6 Å². The minimum atomic E-state index is -0.168. The van der Waals surface area contributed by atoms with E-state index < -0.39 is 0 Å². The Morgan fingerprint density at radius 1 is 1.23 bits per heavy atom. The van der Waals surface area contributed by atoms with E-state index >= 15 is 0 Å². The number of thioether (sulfide) groups is 1. The Labute approximate surface area is 136 Å². The van der Waals surface area contributed by atoms with Gasteiger partial charge in [-0.25, -0.2) is 0 Å². The van der Waals surface area contributed by atoms with Gasteiger partial charge in [-0.3, -0.25) is 4.79 Å². The molecule has 0 unspecified atom stereocenters. The number of carbonyl (C=O) groups is 1. The Morgan fingerprint density at radius 3 is 2.64 bits per heavy atom. The van der Waals surface area contributed by atoms with Crippen molar-refractivity contribution >= 4 is 23.4 Å². The van der Waals surface area contributed by atoms with E-state index in [0.29, 0.717) is 6.61 Å². The second kappa shape index (κ2) is 7.90. The van der Waals surface area contributed by atoms with Gasteiger partial charge < -0.3 is 10.1 Å². The van der Waals surface area contributed by atoms with Crippen LogP contribution in [0.1, 0.15) is 19.4 Å². The molecule has 22 heavy (non-hydrogen) atoms. The first kappa shape index (κ1) is 16.4. The van der Waals surface area contributed by atoms with Crippen LogP contribution in [0.4, 0.5) is 5.69 Å². The summed E-state index contributed by atoms with van der Waals surface area (Å²) in [5, 5.41) is 2.76. The Bertz CT molecular complexity index is 625. The molecular formula is C18H21NO2S. The molecule has 0 spiro atoms. The van der Waals surface area contributed by atoms with Crippen molar-refractivity contribution in [1.82, 2.24) is 0 Å². The lowest BCUT2D eigenvalue weighted by Gasteiger charge is -2.13. The van der Waals surface area contributed by atoms with Gasteiger partial charge in [-0.1, -0.05) is 23.8 Å². The van der Waals surface area contributed by atoms with Gasteiger partial charge in [-0.2, -0.15) is 0 Å². The fourth-order valence-electron chi connectivity index (χ4n) is 1.95. The molecule has 0 aromatic heterocycles. The summed E-state index contributed by atoms with van der Waals surface area (Å²) in [6.07, 6.45) is 0. The van der Waals surface area contributed by atoms with Crippen molar-refractivity contribution in [2.45, 2.75) is 30.9 Å². The second-order valence-electron chi connectivity index (χ2n) is 5.02. The Morgan fingerprint density at radius 2 is 1.95 bits per heavy atom. The maximum atomic E-state index is 12.3. The zero-order valence-electron chi connectivity index (χ0n) is 13.1. The molecule has 3 nitrogen and oxygen atoms in total. The van der Waals surface area contributed by atoms with E-state index in [9.17, 15) is 4.79 Å². The van der Waals surface area contributed by atoms with Crippen molar-refractivity contribution < 1.29 is 9.53 Å². The number of rotatable bonds is 6. The molecule has 0 bridgehead atoms. The monoisotopic (exact) mass is 315 g/mol. The maximum absolute atomic E-state index is 12.3. The quantitative estimate of drug-likeness (QED) is 0.797. The Balaban J connectivity index is 1.96. The number of hydrogen-bond donors (Lipinski definition) is 1. The average Bonchev–Trinajstić information content (AvgIpc) is 2.50. The van der Waals surface area contributed by atoms with E-state index in [1.165, 1.54) is 5.56 Å². The molecule has 1 atom stereocenters. The zero-order valence-corrected chi connectivity index (χ0v) is 13.9. The standard InChI is InChI=1S/C18H21NO2S/c1-4-21-16-7-5-6-15(12-16)19-18(20)14(3)22-17-10-8-13(2)9-11-17/h5-12,14H,4H2,1-3H3,(H,19,20)/t14-/m0/s1. The molecule has 0 aliphatic carbocycles. The fourth-order valence-corrected chi connectivity index (χ4v) is 2.82. The first-order valence-electron chi connectivity index (χ1n) is 7.35. The summed E-state index contributed by atoms with van der Waals surface area (Å²) >= 11 is 1.55. The normalized spacial score (nSPS) is 11.8. The topological polar surface area (TPSA) is 38.3 Å². The molecule has 0 saturated carbocycles. The van der Waals surface area contributed by atoms with E-state index in [1.54, 1.807) is 11.8 Å². The van der Waals surface area contributed by atoms with Crippen molar-refractivity contribution in [3.05, 3.63) is 54.1 Å². The van der Waals surface area contributed by atoms with Gasteiger partial charge in [0.05, 0.1) is 11.9 Å². The van der Waals surface area contributed by atoms with Crippen molar-refractivity contribution in [3.63, 3.8) is 0 Å². The van der Waals surface area contributed by atoms with Crippen LogP contribution in [0.5, 0.6) is 5.75 Å². The lowest BCUT2D eigenvalue weighted by atomic mass is 10.2. The van der Waals surface area contributed by atoms with E-state index in [1.807, 2.05) is 50.2 Å². The number of nitrogens with one attached hydrogen (secondary N) is 1. The van der Waals surface area contributed by atoms with Gasteiger partial charge >= 0.3 is 0 Å². The van der Waals surface area contributed by atoms with Crippen LogP contribution in [0, 0.1) is 6.92 Å². The Hall–Kier alpha value is -1.94. The molecule has 1 amide bonds. The molecule has 4 heteroatoms. The number of carbonyl (C=O) groups excluding carboxylic acids is 1. The van der Waals surface area contributed by atoms with Crippen molar-refractivity contribution in [2.75, 3.05) is 11.9 Å². The summed E-state index contributed by atoms with van der Waals surface area (Å²) < 4.78 is 5.44. The third-order valence-electron chi connectivity index (χ3n) is 3.12. The van der Waals surface area contributed by atoms with Crippen LogP contribution in [0.25, 0.3) is 0 Å². The fraction of sp³-hybridized carbons (Fsp3) is 0.278. The van der Waals surface area contributed by atoms with Gasteiger partial charge in [0.15, 0.2) is 0 Å². The second-order valence-corrected chi connectivity index (χ2v) is 6.44. The van der Waals surface area contributed by atoms with E-state index in [0.717, 1.165) is 16.3 Å². The van der Waals surface area contributed by atoms with Crippen LogP contribution < -0.4 is 10.1 Å². The minimum absolute atomic E-state index is 0.0146. The molecule has 116 valence electrons. The first-order valence-corrected chi connectivity index (χ1v) is 8.23. The molecule has 2 aromatic carbocycles. The number of ether oxygens (including phenoxy) is 1. The molecule has 0 saturated heterocycles. The highest BCUT2D eigenvalue weighted by molar-refractivity contribution is 8.00. The van der Waals surface area contributed by atoms with Crippen LogP contribution in [0.15, 0.2) is 53.4 Å². The minimum Gasteiger partial charge on any atom is -0.494 e. The van der Waals surface area contributed by atoms with Gasteiger partial charge in [-0.05, 0) is 45.0 Å². The molecule has 2 rings (SSSR count). The van der Waals surface area contributed by atoms with Crippen molar-refractivity contribution in [1.29, 1.82) is 0 Å². The highest BCUT2D eigenvalue weighted by Gasteiger charge is 2.14. The summed E-state index contributed by atoms with van der Waals surface area (Å²) in [6.45, 7) is 6.50. The van der Waals surface area contributed by atoms with Crippen molar-refractivity contribution in [2.24, 2.45) is 0 Å². The maximum Gasteiger partial charge on any atom is 0.237 e. The average molecular weight is 315 g/mol. The third kappa shape index (κ3) is 4.81. The molecule has 0 aliphatic heterocycles. The largest absolute Gasteiger partial charge is 0.494 e. The zero-order chi connectivity index (χ0) is 15.9. The third-order valence-corrected chi connectivity index (χ3v) is 4.23. The van der Waals surface area contributed by atoms with Crippen LogP contribution >= 0.6 is 11.8 Å². The lowest BCUT2D eigenvalue weighted by Crippen LogP contribution is -2.22. The Kier molecular flexibility index (Phi) is 5.90. The van der Waals surface area contributed by atoms with Crippen LogP contribution in [0.3, 0.4) is 0 Å². The molecule has 0 radical (unpaired) electrons. The lowest BCUT2D eigenvalue weighted by molar-refractivity contribution is -0.115. The molecule has 0 fully saturated rings. The van der Waals surface area contributed by atoms with E-state index in [4.69, 9.17) is 4.74 Å². The predicted octanol–water partition coefficient (Wildman–Crippen LogP) is 4.51. The SMILES string of the molecule is CCOc1cccc(NC(=O)[C@H](C)Sc2ccc(C)cc2)c1. The number of hydrogen-bond acceptors (Lipinski definition) is 3. The summed E-state index contributed by atoms with van der Waals surface area (Å²) in [5.74, 6) is 0.748. The van der Waals surface area contributed by atoms with Gasteiger partial charge in [0.2, 0.25) is 5.91 Å². The van der Waals surface area contributed by atoms with Crippen LogP contribution in [0.2, 0.25) is 0 Å². The molecular weight excluding hydrogens is 294 g/mol. The molecule has 1 N–H and O–H groups in total. The van der Waals surface area contributed by atoms with Gasteiger partial charge in [-0.15, -0.1) is 11.8 Å².